The molecule has 1 aliphatic carbocycles. The zero-order valence-electron chi connectivity index (χ0n) is 11.9. The summed E-state index contributed by atoms with van der Waals surface area (Å²) in [7, 11) is 1.74. The Balaban J connectivity index is 2.07. The van der Waals surface area contributed by atoms with Gasteiger partial charge in [-0.3, -0.25) is 4.90 Å². The molecule has 0 bridgehead atoms. The lowest BCUT2D eigenvalue weighted by molar-refractivity contribution is 0.202. The van der Waals surface area contributed by atoms with Gasteiger partial charge in [0.05, 0.1) is 7.11 Å². The second-order valence-corrected chi connectivity index (χ2v) is 5.23. The van der Waals surface area contributed by atoms with E-state index in [1.807, 2.05) is 0 Å². The highest BCUT2D eigenvalue weighted by Gasteiger charge is 2.26. The van der Waals surface area contributed by atoms with Crippen molar-refractivity contribution in [3.05, 3.63) is 29.3 Å². The first-order valence-electron chi connectivity index (χ1n) is 7.18. The second kappa shape index (κ2) is 6.24. The van der Waals surface area contributed by atoms with E-state index in [2.05, 4.69) is 36.9 Å². The lowest BCUT2D eigenvalue weighted by Crippen LogP contribution is -2.37. The Bertz CT molecular complexity index is 383. The van der Waals surface area contributed by atoms with E-state index in [0.29, 0.717) is 6.04 Å². The third kappa shape index (κ3) is 2.86. The van der Waals surface area contributed by atoms with E-state index in [1.54, 1.807) is 7.11 Å². The van der Waals surface area contributed by atoms with Crippen LogP contribution in [0.25, 0.3) is 0 Å². The molecule has 100 valence electrons. The number of benzene rings is 1. The maximum absolute atomic E-state index is 5.32. The summed E-state index contributed by atoms with van der Waals surface area (Å²) in [6.45, 7) is 6.99. The molecule has 0 aliphatic heterocycles. The van der Waals surface area contributed by atoms with Crippen molar-refractivity contribution in [1.82, 2.24) is 4.90 Å². The molecule has 0 spiro atoms. The van der Waals surface area contributed by atoms with Crippen LogP contribution >= 0.6 is 0 Å². The number of methoxy groups -OCH3 is 1. The summed E-state index contributed by atoms with van der Waals surface area (Å²) < 4.78 is 5.32. The van der Waals surface area contributed by atoms with Crippen LogP contribution in [-0.4, -0.2) is 31.1 Å². The Morgan fingerprint density at radius 2 is 1.78 bits per heavy atom. The van der Waals surface area contributed by atoms with Crippen LogP contribution in [-0.2, 0) is 12.8 Å². The molecule has 0 aromatic heterocycles. The first-order chi connectivity index (χ1) is 8.78. The Kier molecular flexibility index (Phi) is 4.65. The van der Waals surface area contributed by atoms with Gasteiger partial charge >= 0.3 is 0 Å². The number of hydrogen-bond donors (Lipinski definition) is 0. The summed E-state index contributed by atoms with van der Waals surface area (Å²) in [6, 6.07) is 7.24. The zero-order chi connectivity index (χ0) is 13.0. The van der Waals surface area contributed by atoms with Gasteiger partial charge < -0.3 is 4.74 Å². The van der Waals surface area contributed by atoms with E-state index in [4.69, 9.17) is 4.74 Å². The Morgan fingerprint density at radius 3 is 2.39 bits per heavy atom. The minimum atomic E-state index is 0.701. The zero-order valence-corrected chi connectivity index (χ0v) is 11.9. The highest BCUT2D eigenvalue weighted by atomic mass is 16.5. The van der Waals surface area contributed by atoms with Crippen molar-refractivity contribution in [2.75, 3.05) is 20.2 Å². The van der Waals surface area contributed by atoms with E-state index < -0.39 is 0 Å². The lowest BCUT2D eigenvalue weighted by atomic mass is 10.1. The van der Waals surface area contributed by atoms with Crippen LogP contribution in [0.15, 0.2) is 18.2 Å². The Morgan fingerprint density at radius 1 is 1.11 bits per heavy atom. The van der Waals surface area contributed by atoms with Crippen LogP contribution < -0.4 is 4.74 Å². The minimum absolute atomic E-state index is 0.701. The number of hydrogen-bond acceptors (Lipinski definition) is 2. The van der Waals surface area contributed by atoms with Crippen molar-refractivity contribution in [3.63, 3.8) is 0 Å². The van der Waals surface area contributed by atoms with Crippen molar-refractivity contribution >= 4 is 0 Å². The van der Waals surface area contributed by atoms with Gasteiger partial charge in [-0.2, -0.15) is 0 Å². The normalized spacial score (nSPS) is 18.1. The predicted molar refractivity (Wildman–Crippen MR) is 76.3 cm³/mol. The topological polar surface area (TPSA) is 12.5 Å². The van der Waals surface area contributed by atoms with Gasteiger partial charge in [-0.05, 0) is 62.0 Å². The molecule has 0 radical (unpaired) electrons. The third-order valence-electron chi connectivity index (χ3n) is 3.86. The Hall–Kier alpha value is -1.02. The standard InChI is InChI=1S/C16H25NO/c1-4-8-17(9-5-2)15-10-13-6-7-16(18-3)12-14(13)11-15/h6-7,12,15H,4-5,8-11H2,1-3H3/t15-/m1/s1. The maximum Gasteiger partial charge on any atom is 0.119 e. The summed E-state index contributed by atoms with van der Waals surface area (Å²) in [5.41, 5.74) is 2.99. The average Bonchev–Trinajstić information content (AvgIpc) is 2.81. The molecule has 1 aromatic rings. The van der Waals surface area contributed by atoms with Crippen LogP contribution in [0, 0.1) is 0 Å². The van der Waals surface area contributed by atoms with Crippen LogP contribution in [0.2, 0.25) is 0 Å². The molecule has 0 fully saturated rings. The summed E-state index contributed by atoms with van der Waals surface area (Å²) in [6.07, 6.45) is 4.89. The molecule has 0 unspecified atom stereocenters. The van der Waals surface area contributed by atoms with Gasteiger partial charge in [-0.1, -0.05) is 19.9 Å². The van der Waals surface area contributed by atoms with Gasteiger partial charge in [0.25, 0.3) is 0 Å². The molecule has 1 atom stereocenters. The Labute approximate surface area is 111 Å². The van der Waals surface area contributed by atoms with Gasteiger partial charge in [0.2, 0.25) is 0 Å². The summed E-state index contributed by atoms with van der Waals surface area (Å²) in [5, 5.41) is 0. The SMILES string of the molecule is CCCN(CCC)[C@@H]1Cc2ccc(OC)cc2C1. The van der Waals surface area contributed by atoms with Gasteiger partial charge in [-0.25, -0.2) is 0 Å². The van der Waals surface area contributed by atoms with Crippen LogP contribution in [0.4, 0.5) is 0 Å². The molecule has 0 saturated carbocycles. The van der Waals surface area contributed by atoms with Crippen molar-refractivity contribution in [2.45, 2.75) is 45.6 Å². The number of fused-ring (bicyclic) bond motifs is 1. The summed E-state index contributed by atoms with van der Waals surface area (Å²) in [4.78, 5) is 2.66. The van der Waals surface area contributed by atoms with Crippen molar-refractivity contribution in [3.8, 4) is 5.75 Å². The van der Waals surface area contributed by atoms with Crippen LogP contribution in [0.3, 0.4) is 0 Å². The molecule has 1 aromatic carbocycles. The maximum atomic E-state index is 5.32. The summed E-state index contributed by atoms with van der Waals surface area (Å²) in [5.74, 6) is 0.993. The second-order valence-electron chi connectivity index (χ2n) is 5.23. The van der Waals surface area contributed by atoms with Gasteiger partial charge in [0, 0.05) is 6.04 Å². The fourth-order valence-corrected chi connectivity index (χ4v) is 3.01. The molecule has 0 N–H and O–H groups in total. The van der Waals surface area contributed by atoms with E-state index in [0.717, 1.165) is 5.75 Å². The highest BCUT2D eigenvalue weighted by molar-refractivity contribution is 5.40. The van der Waals surface area contributed by atoms with Gasteiger partial charge in [0.15, 0.2) is 0 Å². The fourth-order valence-electron chi connectivity index (χ4n) is 3.01. The average molecular weight is 247 g/mol. The lowest BCUT2D eigenvalue weighted by Gasteiger charge is -2.27. The molecule has 2 heteroatoms. The fraction of sp³-hybridized carbons (Fsp3) is 0.625. The van der Waals surface area contributed by atoms with Crippen molar-refractivity contribution in [1.29, 1.82) is 0 Å². The molecule has 0 amide bonds. The number of nitrogens with zero attached hydrogens (tertiary/aromatic N) is 1. The molecular formula is C16H25NO. The van der Waals surface area contributed by atoms with Crippen LogP contribution in [0.1, 0.15) is 37.8 Å². The first kappa shape index (κ1) is 13.4. The molecule has 18 heavy (non-hydrogen) atoms. The van der Waals surface area contributed by atoms with Gasteiger partial charge in [0.1, 0.15) is 5.75 Å². The van der Waals surface area contributed by atoms with E-state index in [1.165, 1.54) is 49.9 Å². The largest absolute Gasteiger partial charge is 0.497 e. The quantitative estimate of drug-likeness (QED) is 0.765. The molecule has 0 heterocycles. The van der Waals surface area contributed by atoms with E-state index in [9.17, 15) is 0 Å². The van der Waals surface area contributed by atoms with Crippen molar-refractivity contribution < 1.29 is 4.74 Å². The monoisotopic (exact) mass is 247 g/mol. The third-order valence-corrected chi connectivity index (χ3v) is 3.86. The van der Waals surface area contributed by atoms with Gasteiger partial charge in [-0.15, -0.1) is 0 Å². The molecule has 1 aliphatic rings. The van der Waals surface area contributed by atoms with Crippen molar-refractivity contribution in [2.24, 2.45) is 0 Å². The molecule has 0 saturated heterocycles. The number of ether oxygens (including phenoxy) is 1. The molecule has 2 rings (SSSR count). The highest BCUT2D eigenvalue weighted by Crippen LogP contribution is 2.29. The molecule has 2 nitrogen and oxygen atoms in total. The predicted octanol–water partition coefficient (Wildman–Crippen LogP) is 3.28. The minimum Gasteiger partial charge on any atom is -0.497 e. The first-order valence-corrected chi connectivity index (χ1v) is 7.18. The molecular weight excluding hydrogens is 222 g/mol. The number of rotatable bonds is 6. The summed E-state index contributed by atoms with van der Waals surface area (Å²) >= 11 is 0. The van der Waals surface area contributed by atoms with Crippen LogP contribution in [0.5, 0.6) is 5.75 Å². The van der Waals surface area contributed by atoms with E-state index >= 15 is 0 Å². The van der Waals surface area contributed by atoms with E-state index in [-0.39, 0.29) is 0 Å². The smallest absolute Gasteiger partial charge is 0.119 e.